The lowest BCUT2D eigenvalue weighted by Gasteiger charge is -2.40. The van der Waals surface area contributed by atoms with Crippen LogP contribution < -0.4 is 5.56 Å². The van der Waals surface area contributed by atoms with Gasteiger partial charge < -0.3 is 9.64 Å². The molecule has 1 aromatic heterocycles. The first-order valence-electron chi connectivity index (χ1n) is 11.1. The van der Waals surface area contributed by atoms with Crippen LogP contribution in [0.4, 0.5) is 0 Å². The molecule has 0 radical (unpaired) electrons. The quantitative estimate of drug-likeness (QED) is 0.624. The first kappa shape index (κ1) is 22.7. The number of amides is 1. The Morgan fingerprint density at radius 2 is 1.84 bits per heavy atom. The minimum absolute atomic E-state index is 0.0507. The number of likely N-dealkylation sites (tertiary alicyclic amines) is 1. The van der Waals surface area contributed by atoms with Crippen molar-refractivity contribution in [1.82, 2.24) is 15.1 Å². The monoisotopic (exact) mass is 425 g/mol. The summed E-state index contributed by atoms with van der Waals surface area (Å²) in [4.78, 5) is 38.4. The number of hydrogen-bond donors (Lipinski definition) is 1. The third-order valence-electron chi connectivity index (χ3n) is 6.08. The van der Waals surface area contributed by atoms with Crippen molar-refractivity contribution in [2.45, 2.75) is 51.9 Å². The molecule has 0 spiro atoms. The highest BCUT2D eigenvalue weighted by molar-refractivity contribution is 5.79. The van der Waals surface area contributed by atoms with Gasteiger partial charge in [0.05, 0.1) is 17.7 Å². The zero-order valence-corrected chi connectivity index (χ0v) is 18.1. The number of aryl methyl sites for hydroxylation is 2. The molecule has 1 saturated heterocycles. The molecular formula is C24H31N3O4. The summed E-state index contributed by atoms with van der Waals surface area (Å²) in [6.07, 6.45) is 4.67. The Bertz CT molecular complexity index is 897. The molecule has 0 atom stereocenters. The van der Waals surface area contributed by atoms with E-state index in [-0.39, 0.29) is 17.4 Å². The molecule has 2 aromatic rings. The molecule has 7 nitrogen and oxygen atoms in total. The summed E-state index contributed by atoms with van der Waals surface area (Å²) < 4.78 is 5.42. The van der Waals surface area contributed by atoms with Crippen LogP contribution in [0.5, 0.6) is 0 Å². The minimum atomic E-state index is -0.512. The van der Waals surface area contributed by atoms with Gasteiger partial charge in [0, 0.05) is 32.0 Å². The van der Waals surface area contributed by atoms with Gasteiger partial charge >= 0.3 is 5.97 Å². The number of esters is 1. The molecule has 1 fully saturated rings. The van der Waals surface area contributed by atoms with E-state index >= 15 is 0 Å². The van der Waals surface area contributed by atoms with Crippen LogP contribution in [-0.2, 0) is 27.2 Å². The van der Waals surface area contributed by atoms with Gasteiger partial charge in [-0.15, -0.1) is 0 Å². The maximum atomic E-state index is 12.8. The molecule has 1 N–H and O–H groups in total. The summed E-state index contributed by atoms with van der Waals surface area (Å²) in [7, 11) is 0. The number of piperidine rings is 1. The van der Waals surface area contributed by atoms with Crippen LogP contribution in [0.3, 0.4) is 0 Å². The second-order valence-corrected chi connectivity index (χ2v) is 8.13. The highest BCUT2D eigenvalue weighted by atomic mass is 16.5. The van der Waals surface area contributed by atoms with Gasteiger partial charge in [0.1, 0.15) is 0 Å². The van der Waals surface area contributed by atoms with Gasteiger partial charge in [-0.2, -0.15) is 5.10 Å². The molecule has 31 heavy (non-hydrogen) atoms. The number of aromatic nitrogens is 2. The number of rotatable bonds is 9. The maximum absolute atomic E-state index is 12.8. The number of aromatic amines is 1. The van der Waals surface area contributed by atoms with Crippen molar-refractivity contribution in [1.29, 1.82) is 0 Å². The lowest BCUT2D eigenvalue weighted by atomic mass is 9.74. The van der Waals surface area contributed by atoms with Gasteiger partial charge in [-0.3, -0.25) is 14.4 Å². The Morgan fingerprint density at radius 3 is 2.48 bits per heavy atom. The number of carbonyl (C=O) groups is 2. The molecule has 1 aromatic carbocycles. The van der Waals surface area contributed by atoms with Crippen LogP contribution in [-0.4, -0.2) is 46.7 Å². The van der Waals surface area contributed by atoms with Crippen LogP contribution in [0, 0.1) is 5.41 Å². The molecule has 3 rings (SSSR count). The number of benzene rings is 1. The Morgan fingerprint density at radius 1 is 1.10 bits per heavy atom. The maximum Gasteiger partial charge on any atom is 0.312 e. The van der Waals surface area contributed by atoms with Crippen molar-refractivity contribution in [3.8, 4) is 0 Å². The molecule has 7 heteroatoms. The molecule has 1 amide bonds. The largest absolute Gasteiger partial charge is 0.466 e. The summed E-state index contributed by atoms with van der Waals surface area (Å²) in [6, 6.07) is 13.3. The normalized spacial score (nSPS) is 15.5. The zero-order chi connectivity index (χ0) is 22.1. The second kappa shape index (κ2) is 10.9. The van der Waals surface area contributed by atoms with Crippen molar-refractivity contribution in [2.24, 2.45) is 5.41 Å². The topological polar surface area (TPSA) is 92.4 Å². The van der Waals surface area contributed by atoms with E-state index in [1.165, 1.54) is 11.6 Å². The van der Waals surface area contributed by atoms with E-state index in [1.807, 2.05) is 30.0 Å². The van der Waals surface area contributed by atoms with Crippen molar-refractivity contribution in [3.05, 3.63) is 64.1 Å². The predicted molar refractivity (Wildman–Crippen MR) is 117 cm³/mol. The van der Waals surface area contributed by atoms with Crippen molar-refractivity contribution >= 4 is 11.9 Å². The lowest BCUT2D eigenvalue weighted by Crippen LogP contribution is -2.47. The van der Waals surface area contributed by atoms with E-state index in [0.717, 1.165) is 19.3 Å². The van der Waals surface area contributed by atoms with Gasteiger partial charge in [0.2, 0.25) is 5.91 Å². The van der Waals surface area contributed by atoms with E-state index < -0.39 is 5.41 Å². The predicted octanol–water partition coefficient (Wildman–Crippen LogP) is 2.90. The van der Waals surface area contributed by atoms with Gasteiger partial charge in [-0.05, 0) is 50.7 Å². The Balaban J connectivity index is 1.54. The van der Waals surface area contributed by atoms with Gasteiger partial charge in [0.15, 0.2) is 0 Å². The van der Waals surface area contributed by atoms with E-state index in [9.17, 15) is 14.4 Å². The van der Waals surface area contributed by atoms with E-state index in [2.05, 4.69) is 22.3 Å². The fourth-order valence-electron chi connectivity index (χ4n) is 4.21. The number of nitrogens with zero attached hydrogens (tertiary/aromatic N) is 2. The first-order chi connectivity index (χ1) is 15.0. The number of H-pyrrole nitrogens is 1. The lowest BCUT2D eigenvalue weighted by molar-refractivity contribution is -0.161. The average Bonchev–Trinajstić information content (AvgIpc) is 2.80. The van der Waals surface area contributed by atoms with Crippen LogP contribution in [0.2, 0.25) is 0 Å². The van der Waals surface area contributed by atoms with Gasteiger partial charge in [-0.25, -0.2) is 5.10 Å². The highest BCUT2D eigenvalue weighted by Crippen LogP contribution is 2.38. The van der Waals surface area contributed by atoms with E-state index in [1.54, 1.807) is 6.07 Å². The van der Waals surface area contributed by atoms with Crippen molar-refractivity contribution in [2.75, 3.05) is 19.7 Å². The molecule has 0 unspecified atom stereocenters. The fraction of sp³-hybridized carbons (Fsp3) is 0.500. The number of ether oxygens (including phenoxy) is 1. The van der Waals surface area contributed by atoms with Gasteiger partial charge in [0.25, 0.3) is 5.56 Å². The number of hydrogen-bond acceptors (Lipinski definition) is 5. The Kier molecular flexibility index (Phi) is 7.98. The molecule has 0 bridgehead atoms. The zero-order valence-electron chi connectivity index (χ0n) is 18.1. The van der Waals surface area contributed by atoms with Crippen LogP contribution in [0.25, 0.3) is 0 Å². The summed E-state index contributed by atoms with van der Waals surface area (Å²) in [5.74, 6) is -0.0812. The summed E-state index contributed by atoms with van der Waals surface area (Å²) >= 11 is 0. The molecule has 1 aliphatic heterocycles. The van der Waals surface area contributed by atoms with Crippen molar-refractivity contribution < 1.29 is 14.3 Å². The van der Waals surface area contributed by atoms with Crippen LogP contribution in [0.15, 0.2) is 47.3 Å². The molecule has 0 saturated carbocycles. The molecule has 2 heterocycles. The summed E-state index contributed by atoms with van der Waals surface area (Å²) in [5, 5.41) is 6.34. The third-order valence-corrected chi connectivity index (χ3v) is 6.08. The first-order valence-corrected chi connectivity index (χ1v) is 11.1. The van der Waals surface area contributed by atoms with E-state index in [4.69, 9.17) is 4.74 Å². The van der Waals surface area contributed by atoms with Gasteiger partial charge in [-0.1, -0.05) is 30.3 Å². The van der Waals surface area contributed by atoms with Crippen molar-refractivity contribution in [3.63, 3.8) is 0 Å². The molecule has 166 valence electrons. The number of nitrogens with one attached hydrogen (secondary N) is 1. The fourth-order valence-corrected chi connectivity index (χ4v) is 4.21. The molecule has 0 aliphatic carbocycles. The minimum Gasteiger partial charge on any atom is -0.466 e. The highest BCUT2D eigenvalue weighted by Gasteiger charge is 2.42. The molecule has 1 aliphatic rings. The standard InChI is InChI=1S/C24H31N3O4/c1-2-31-23(30)24(14-6-9-19-7-4-3-5-8-19)15-17-27(18-16-24)22(29)13-11-20-10-12-21(28)26-25-20/h3-5,7-8,10,12H,2,6,9,11,13-18H2,1H3,(H,26,28). The second-order valence-electron chi connectivity index (χ2n) is 8.13. The molecular weight excluding hydrogens is 394 g/mol. The third kappa shape index (κ3) is 6.26. The average molecular weight is 426 g/mol. The Hall–Kier alpha value is -2.96. The smallest absolute Gasteiger partial charge is 0.312 e. The summed E-state index contributed by atoms with van der Waals surface area (Å²) in [6.45, 7) is 3.32. The summed E-state index contributed by atoms with van der Waals surface area (Å²) in [5.41, 5.74) is 1.19. The van der Waals surface area contributed by atoms with Crippen LogP contribution in [0.1, 0.15) is 50.3 Å². The Labute approximate surface area is 182 Å². The number of carbonyl (C=O) groups excluding carboxylic acids is 2. The van der Waals surface area contributed by atoms with E-state index in [0.29, 0.717) is 51.1 Å². The van der Waals surface area contributed by atoms with Crippen LogP contribution >= 0.6 is 0 Å². The SMILES string of the molecule is CCOC(=O)C1(CCCc2ccccc2)CCN(C(=O)CCc2ccc(=O)[nH]n2)CC1.